The van der Waals surface area contributed by atoms with Gasteiger partial charge < -0.3 is 39.8 Å². The van der Waals surface area contributed by atoms with Crippen LogP contribution in [-0.4, -0.2) is 80.8 Å². The van der Waals surface area contributed by atoms with Gasteiger partial charge in [-0.2, -0.15) is 18.0 Å². The lowest BCUT2D eigenvalue weighted by Crippen LogP contribution is -2.42. The van der Waals surface area contributed by atoms with E-state index in [-0.39, 0.29) is 17.4 Å². The van der Waals surface area contributed by atoms with E-state index in [4.69, 9.17) is 19.4 Å². The summed E-state index contributed by atoms with van der Waals surface area (Å²) >= 11 is 0. The summed E-state index contributed by atoms with van der Waals surface area (Å²) in [5.41, 5.74) is -1.53. The van der Waals surface area contributed by atoms with Gasteiger partial charge in [0.15, 0.2) is 17.3 Å². The summed E-state index contributed by atoms with van der Waals surface area (Å²) in [7, 11) is -17.1. The molecular formula is C14H23FN5O14P3. The lowest BCUT2D eigenvalue weighted by Gasteiger charge is -2.24. The lowest BCUT2D eigenvalue weighted by atomic mass is 10.1. The lowest BCUT2D eigenvalue weighted by molar-refractivity contribution is -0.234. The summed E-state index contributed by atoms with van der Waals surface area (Å²) in [5.74, 6) is -3.26. The van der Waals surface area contributed by atoms with Gasteiger partial charge in [0.2, 0.25) is 5.95 Å². The molecule has 1 aliphatic heterocycles. The minimum absolute atomic E-state index is 0.0613. The fourth-order valence-corrected chi connectivity index (χ4v) is 6.12. The van der Waals surface area contributed by atoms with Crippen LogP contribution in [-0.2, 0) is 37.6 Å². The summed E-state index contributed by atoms with van der Waals surface area (Å²) < 4.78 is 66.7. The summed E-state index contributed by atoms with van der Waals surface area (Å²) in [6.07, 6.45) is -5.72. The number of phosphoric ester groups is 1. The average Bonchev–Trinajstić information content (AvgIpc) is 3.24. The van der Waals surface area contributed by atoms with Crippen LogP contribution < -0.4 is 10.9 Å². The van der Waals surface area contributed by atoms with Gasteiger partial charge in [0, 0.05) is 6.54 Å². The molecule has 0 amide bonds. The number of halogens is 1. The molecule has 2 aromatic heterocycles. The van der Waals surface area contributed by atoms with Crippen molar-refractivity contribution in [2.45, 2.75) is 38.1 Å². The summed E-state index contributed by atoms with van der Waals surface area (Å²) in [5, 5.41) is 23.4. The monoisotopic (exact) mass is 597 g/mol. The van der Waals surface area contributed by atoms with Crippen molar-refractivity contribution in [1.29, 1.82) is 0 Å². The van der Waals surface area contributed by atoms with Gasteiger partial charge in [0.1, 0.15) is 18.5 Å². The summed E-state index contributed by atoms with van der Waals surface area (Å²) in [4.78, 5) is 58.3. The molecule has 3 heterocycles. The molecule has 0 aromatic carbocycles. The molecule has 0 spiro atoms. The zero-order chi connectivity index (χ0) is 28.0. The number of rotatable bonds is 11. The minimum atomic E-state index is -5.83. The number of H-pyrrole nitrogens is 1. The van der Waals surface area contributed by atoms with Crippen molar-refractivity contribution in [3.63, 3.8) is 0 Å². The van der Waals surface area contributed by atoms with Crippen LogP contribution in [0.5, 0.6) is 0 Å². The van der Waals surface area contributed by atoms with Crippen LogP contribution in [0.25, 0.3) is 11.2 Å². The number of hydrogen-bond acceptors (Lipinski definition) is 13. The molecule has 6 atom stereocenters. The number of alkyl halides is 1. The van der Waals surface area contributed by atoms with Crippen molar-refractivity contribution in [3.05, 3.63) is 16.7 Å². The molecule has 1 saturated heterocycles. The van der Waals surface area contributed by atoms with Crippen LogP contribution in [0.1, 0.15) is 13.8 Å². The normalized spacial score (nSPS) is 27.9. The van der Waals surface area contributed by atoms with E-state index in [1.165, 1.54) is 0 Å². The molecule has 37 heavy (non-hydrogen) atoms. The first-order chi connectivity index (χ1) is 16.8. The molecular weight excluding hydrogens is 574 g/mol. The highest BCUT2D eigenvalue weighted by Gasteiger charge is 2.58. The van der Waals surface area contributed by atoms with E-state index in [0.717, 1.165) is 6.33 Å². The maximum atomic E-state index is 15.9. The molecule has 19 nitrogen and oxygen atoms in total. The Kier molecular flexibility index (Phi) is 8.49. The second-order valence-corrected chi connectivity index (χ2v) is 12.5. The average molecular weight is 597 g/mol. The van der Waals surface area contributed by atoms with Crippen LogP contribution in [0.2, 0.25) is 0 Å². The molecule has 210 valence electrons. The number of ether oxygens (including phenoxy) is 1. The zero-order valence-corrected chi connectivity index (χ0v) is 21.5. The van der Waals surface area contributed by atoms with Crippen LogP contribution in [0, 0.1) is 5.92 Å². The first-order valence-electron chi connectivity index (χ1n) is 10.1. The van der Waals surface area contributed by atoms with E-state index >= 15 is 4.39 Å². The largest absolute Gasteiger partial charge is 0.490 e. The first-order valence-corrected chi connectivity index (χ1v) is 14.6. The first kappa shape index (κ1) is 29.9. The third-order valence-electron chi connectivity index (χ3n) is 4.62. The van der Waals surface area contributed by atoms with Gasteiger partial charge in [-0.05, 0) is 5.92 Å². The number of aromatic nitrogens is 4. The number of aliphatic hydroxyl groups is 2. The highest BCUT2D eigenvalue weighted by molar-refractivity contribution is 7.66. The Morgan fingerprint density at radius 3 is 2.46 bits per heavy atom. The van der Waals surface area contributed by atoms with E-state index < -0.39 is 65.6 Å². The maximum absolute atomic E-state index is 15.9. The van der Waals surface area contributed by atoms with Gasteiger partial charge in [-0.1, -0.05) is 13.8 Å². The number of nitrogens with zero attached hydrogens (tertiary/aromatic N) is 3. The summed E-state index contributed by atoms with van der Waals surface area (Å²) in [6.45, 7) is 2.87. The number of nitrogens with one attached hydrogen (secondary N) is 2. The number of aromatic amines is 1. The molecule has 0 aliphatic carbocycles. The van der Waals surface area contributed by atoms with Crippen LogP contribution in [0.4, 0.5) is 10.3 Å². The smallest absolute Gasteiger partial charge is 0.387 e. The molecule has 8 N–H and O–H groups in total. The van der Waals surface area contributed by atoms with Crippen molar-refractivity contribution in [2.75, 3.05) is 18.5 Å². The molecule has 23 heteroatoms. The Hall–Kier alpha value is -1.63. The quantitative estimate of drug-likeness (QED) is 0.148. The predicted molar refractivity (Wildman–Crippen MR) is 117 cm³/mol. The van der Waals surface area contributed by atoms with Gasteiger partial charge in [-0.15, -0.1) is 0 Å². The molecule has 2 unspecified atom stereocenters. The predicted octanol–water partition coefficient (Wildman–Crippen LogP) is -0.769. The molecule has 0 radical (unpaired) electrons. The molecule has 1 aliphatic rings. The minimum Gasteiger partial charge on any atom is -0.387 e. The third kappa shape index (κ3) is 7.07. The van der Waals surface area contributed by atoms with Gasteiger partial charge in [-0.25, -0.2) is 18.7 Å². The Morgan fingerprint density at radius 1 is 1.22 bits per heavy atom. The van der Waals surface area contributed by atoms with Crippen LogP contribution in [0.3, 0.4) is 0 Å². The van der Waals surface area contributed by atoms with E-state index in [9.17, 15) is 33.6 Å². The molecule has 1 fully saturated rings. The van der Waals surface area contributed by atoms with E-state index in [2.05, 4.69) is 33.4 Å². The Morgan fingerprint density at radius 2 is 1.86 bits per heavy atom. The van der Waals surface area contributed by atoms with Crippen molar-refractivity contribution in [2.24, 2.45) is 5.92 Å². The zero-order valence-electron chi connectivity index (χ0n) is 18.8. The second-order valence-electron chi connectivity index (χ2n) is 8.06. The van der Waals surface area contributed by atoms with Crippen LogP contribution in [0.15, 0.2) is 11.1 Å². The molecule has 3 rings (SSSR count). The fraction of sp³-hybridized carbons (Fsp3) is 0.643. The van der Waals surface area contributed by atoms with Crippen molar-refractivity contribution >= 4 is 40.6 Å². The molecule has 0 saturated carbocycles. The van der Waals surface area contributed by atoms with Crippen molar-refractivity contribution in [3.8, 4) is 0 Å². The third-order valence-corrected chi connectivity index (χ3v) is 8.42. The fourth-order valence-electron chi connectivity index (χ4n) is 3.09. The molecule has 2 aromatic rings. The van der Waals surface area contributed by atoms with Crippen molar-refractivity contribution < 1.29 is 65.8 Å². The Balaban J connectivity index is 1.81. The van der Waals surface area contributed by atoms with Crippen LogP contribution >= 0.6 is 23.5 Å². The topological polar surface area (TPSA) is 285 Å². The number of imidazole rings is 1. The number of anilines is 1. The molecule has 0 bridgehead atoms. The van der Waals surface area contributed by atoms with Crippen molar-refractivity contribution in [1.82, 2.24) is 19.5 Å². The Bertz CT molecular complexity index is 1350. The number of fused-ring (bicyclic) bond motifs is 1. The van der Waals surface area contributed by atoms with Gasteiger partial charge in [0.05, 0.1) is 6.61 Å². The van der Waals surface area contributed by atoms with E-state index in [1.807, 2.05) is 13.8 Å². The van der Waals surface area contributed by atoms with Gasteiger partial charge in [0.25, 0.3) is 5.56 Å². The number of aliphatic hydroxyl groups excluding tert-OH is 2. The second kappa shape index (κ2) is 10.5. The summed E-state index contributed by atoms with van der Waals surface area (Å²) in [6, 6.07) is 0. The SMILES string of the molecule is CC(C)CNc1nc2c(ncn2[C@]2(F)O[C@H](COP(=O)(O)OP(=O)(O)OP(=O)(O)O)[C@@H](O)[C@H]2O)c(=O)[nH]1. The highest BCUT2D eigenvalue weighted by atomic mass is 31.3. The van der Waals surface area contributed by atoms with Gasteiger partial charge >= 0.3 is 29.4 Å². The number of phosphoric acid groups is 3. The Labute approximate surface area is 205 Å². The highest BCUT2D eigenvalue weighted by Crippen LogP contribution is 2.66. The maximum Gasteiger partial charge on any atom is 0.490 e. The van der Waals surface area contributed by atoms with E-state index in [1.54, 1.807) is 0 Å². The van der Waals surface area contributed by atoms with E-state index in [0.29, 0.717) is 11.1 Å². The van der Waals surface area contributed by atoms with Gasteiger partial charge in [-0.3, -0.25) is 18.9 Å². The number of hydrogen-bond donors (Lipinski definition) is 8. The standard InChI is InChI=1S/C14H23FN5O14P3/c1-6(2)3-16-13-18-11-8(12(23)19-13)17-5-20(11)14(15)10(22)9(21)7(32-14)4-31-36(27,28)34-37(29,30)33-35(24,25)26/h5-7,9-10,21-22H,3-4H2,1-2H3,(H,27,28)(H,29,30)(H2,24,25,26)(H2,16,18,19,23)/t7-,9-,10-,14+/m1/s1.